The molecule has 33 heavy (non-hydrogen) atoms. The van der Waals surface area contributed by atoms with Crippen LogP contribution in [0.4, 0.5) is 0 Å². The number of hydrogen-bond acceptors (Lipinski definition) is 7. The topological polar surface area (TPSA) is 76.2 Å². The highest BCUT2D eigenvalue weighted by Crippen LogP contribution is 2.26. The summed E-state index contributed by atoms with van der Waals surface area (Å²) in [4.78, 5) is 16.6. The van der Waals surface area contributed by atoms with Gasteiger partial charge in [0.1, 0.15) is 0 Å². The van der Waals surface area contributed by atoms with Crippen LogP contribution in [0.2, 0.25) is 0 Å². The second kappa shape index (κ2) is 11.3. The molecule has 2 aliphatic rings. The molecule has 0 aliphatic carbocycles. The molecule has 3 rings (SSSR count). The Balaban J connectivity index is 1.53. The molecule has 0 aromatic heterocycles. The summed E-state index contributed by atoms with van der Waals surface area (Å²) in [5.41, 5.74) is 3.47. The van der Waals surface area contributed by atoms with Gasteiger partial charge in [-0.3, -0.25) is 14.6 Å². The first kappa shape index (κ1) is 25.4. The van der Waals surface area contributed by atoms with Crippen molar-refractivity contribution in [2.75, 3.05) is 65.8 Å². The highest BCUT2D eigenvalue weighted by atomic mass is 32.2. The van der Waals surface area contributed by atoms with E-state index >= 15 is 0 Å². The molecule has 1 unspecified atom stereocenters. The SMILES string of the molecule is COC(=O)C(C)(CCN1CC=C(c2ccc(C#CCN3CCOCC3)cc2)CC1)S(C)(=O)=O. The molecular formula is C25H34N2O5S. The van der Waals surface area contributed by atoms with E-state index < -0.39 is 20.6 Å². The number of nitrogens with zero attached hydrogens (tertiary/aromatic N) is 2. The van der Waals surface area contributed by atoms with Crippen LogP contribution < -0.4 is 0 Å². The maximum Gasteiger partial charge on any atom is 0.326 e. The fourth-order valence-electron chi connectivity index (χ4n) is 3.98. The van der Waals surface area contributed by atoms with E-state index in [2.05, 4.69) is 52.0 Å². The molecule has 1 fully saturated rings. The largest absolute Gasteiger partial charge is 0.468 e. The van der Waals surface area contributed by atoms with E-state index in [0.29, 0.717) is 6.54 Å². The Kier molecular flexibility index (Phi) is 8.71. The highest BCUT2D eigenvalue weighted by molar-refractivity contribution is 7.92. The summed E-state index contributed by atoms with van der Waals surface area (Å²) in [6.45, 7) is 7.71. The molecule has 2 heterocycles. The summed E-state index contributed by atoms with van der Waals surface area (Å²) in [7, 11) is -2.36. The van der Waals surface area contributed by atoms with Gasteiger partial charge in [-0.1, -0.05) is 30.0 Å². The maximum atomic E-state index is 12.2. The van der Waals surface area contributed by atoms with Crippen LogP contribution in [0.5, 0.6) is 0 Å². The predicted molar refractivity (Wildman–Crippen MR) is 129 cm³/mol. The standard InChI is InChI=1S/C25H34N2O5S/c1-25(24(28)31-2,33(3,29)30)12-16-27-14-10-23(11-15-27)22-8-6-21(7-9-22)5-4-13-26-17-19-32-20-18-26/h6-10H,11-20H2,1-3H3. The molecule has 180 valence electrons. The number of morpholine rings is 1. The number of methoxy groups -OCH3 is 1. The molecule has 1 aromatic carbocycles. The number of hydrogen-bond donors (Lipinski definition) is 0. The highest BCUT2D eigenvalue weighted by Gasteiger charge is 2.44. The Bertz CT molecular complexity index is 1020. The monoisotopic (exact) mass is 474 g/mol. The molecule has 0 saturated carbocycles. The van der Waals surface area contributed by atoms with Crippen molar-refractivity contribution in [1.29, 1.82) is 0 Å². The summed E-state index contributed by atoms with van der Waals surface area (Å²) in [5, 5.41) is 0. The summed E-state index contributed by atoms with van der Waals surface area (Å²) in [5.74, 6) is 5.78. The zero-order valence-electron chi connectivity index (χ0n) is 19.8. The van der Waals surface area contributed by atoms with Crippen molar-refractivity contribution in [2.24, 2.45) is 0 Å². The van der Waals surface area contributed by atoms with Gasteiger partial charge in [0.25, 0.3) is 0 Å². The molecule has 0 N–H and O–H groups in total. The molecule has 0 amide bonds. The van der Waals surface area contributed by atoms with Crippen molar-refractivity contribution < 1.29 is 22.7 Å². The van der Waals surface area contributed by atoms with Crippen LogP contribution in [0.15, 0.2) is 30.3 Å². The van der Waals surface area contributed by atoms with E-state index in [4.69, 9.17) is 9.47 Å². The quantitative estimate of drug-likeness (QED) is 0.441. The van der Waals surface area contributed by atoms with Gasteiger partial charge in [-0.15, -0.1) is 0 Å². The second-order valence-corrected chi connectivity index (χ2v) is 11.2. The smallest absolute Gasteiger partial charge is 0.326 e. The second-order valence-electron chi connectivity index (χ2n) is 8.79. The molecule has 7 nitrogen and oxygen atoms in total. The summed E-state index contributed by atoms with van der Waals surface area (Å²) < 4.78 is 33.0. The number of rotatable bonds is 7. The number of benzene rings is 1. The molecule has 0 radical (unpaired) electrons. The van der Waals surface area contributed by atoms with Crippen LogP contribution in [-0.4, -0.2) is 94.8 Å². The lowest BCUT2D eigenvalue weighted by Crippen LogP contribution is -2.46. The van der Waals surface area contributed by atoms with Crippen LogP contribution >= 0.6 is 0 Å². The number of sulfone groups is 1. The van der Waals surface area contributed by atoms with Gasteiger partial charge in [-0.25, -0.2) is 8.42 Å². The first-order valence-electron chi connectivity index (χ1n) is 11.3. The van der Waals surface area contributed by atoms with Gasteiger partial charge in [0, 0.05) is 44.5 Å². The van der Waals surface area contributed by atoms with E-state index in [9.17, 15) is 13.2 Å². The third-order valence-corrected chi connectivity index (χ3v) is 8.54. The Morgan fingerprint density at radius 1 is 1.15 bits per heavy atom. The van der Waals surface area contributed by atoms with E-state index in [0.717, 1.165) is 64.2 Å². The van der Waals surface area contributed by atoms with E-state index in [1.807, 2.05) is 0 Å². The molecule has 8 heteroatoms. The van der Waals surface area contributed by atoms with Gasteiger partial charge >= 0.3 is 5.97 Å². The lowest BCUT2D eigenvalue weighted by molar-refractivity contribution is -0.143. The fraction of sp³-hybridized carbons (Fsp3) is 0.560. The van der Waals surface area contributed by atoms with Gasteiger partial charge in [0.05, 0.1) is 26.9 Å². The van der Waals surface area contributed by atoms with Gasteiger partial charge in [-0.2, -0.15) is 0 Å². The lowest BCUT2D eigenvalue weighted by atomic mass is 9.98. The van der Waals surface area contributed by atoms with Gasteiger partial charge in [0.2, 0.25) is 0 Å². The Hall–Kier alpha value is -2.18. The minimum absolute atomic E-state index is 0.208. The number of carbonyl (C=O) groups is 1. The number of carbonyl (C=O) groups excluding carboxylic acids is 1. The Morgan fingerprint density at radius 2 is 1.85 bits per heavy atom. The van der Waals surface area contributed by atoms with Gasteiger partial charge in [-0.05, 0) is 43.0 Å². The zero-order chi connectivity index (χ0) is 23.9. The third kappa shape index (κ3) is 6.67. The minimum Gasteiger partial charge on any atom is -0.468 e. The van der Waals surface area contributed by atoms with Crippen molar-refractivity contribution in [1.82, 2.24) is 9.80 Å². The molecule has 1 atom stereocenters. The normalized spacial score (nSPS) is 19.7. The molecule has 1 saturated heterocycles. The van der Waals surface area contributed by atoms with Crippen LogP contribution in [-0.2, 0) is 24.1 Å². The first-order valence-corrected chi connectivity index (χ1v) is 13.2. The molecular weight excluding hydrogens is 440 g/mol. The summed E-state index contributed by atoms with van der Waals surface area (Å²) in [6.07, 6.45) is 4.35. The van der Waals surface area contributed by atoms with Crippen molar-refractivity contribution in [2.45, 2.75) is 24.5 Å². The molecule has 2 aliphatic heterocycles. The lowest BCUT2D eigenvalue weighted by Gasteiger charge is -2.31. The number of esters is 1. The molecule has 1 aromatic rings. The Morgan fingerprint density at radius 3 is 2.42 bits per heavy atom. The number of ether oxygens (including phenoxy) is 2. The van der Waals surface area contributed by atoms with E-state index in [-0.39, 0.29) is 6.42 Å². The van der Waals surface area contributed by atoms with Crippen LogP contribution in [0.1, 0.15) is 30.9 Å². The molecule has 0 bridgehead atoms. The van der Waals surface area contributed by atoms with Crippen molar-refractivity contribution in [3.05, 3.63) is 41.5 Å². The zero-order valence-corrected chi connectivity index (χ0v) is 20.6. The maximum absolute atomic E-state index is 12.2. The minimum atomic E-state index is -3.58. The average molecular weight is 475 g/mol. The van der Waals surface area contributed by atoms with Crippen molar-refractivity contribution in [3.8, 4) is 11.8 Å². The van der Waals surface area contributed by atoms with Gasteiger partial charge in [0.15, 0.2) is 14.6 Å². The molecule has 0 spiro atoms. The third-order valence-electron chi connectivity index (χ3n) is 6.53. The van der Waals surface area contributed by atoms with E-state index in [1.165, 1.54) is 25.2 Å². The summed E-state index contributed by atoms with van der Waals surface area (Å²) in [6, 6.07) is 8.34. The van der Waals surface area contributed by atoms with E-state index in [1.54, 1.807) is 0 Å². The van der Waals surface area contributed by atoms with Crippen molar-refractivity contribution >= 4 is 21.4 Å². The van der Waals surface area contributed by atoms with Gasteiger partial charge < -0.3 is 9.47 Å². The fourth-order valence-corrected chi connectivity index (χ4v) is 4.83. The van der Waals surface area contributed by atoms with Crippen LogP contribution in [0, 0.1) is 11.8 Å². The van der Waals surface area contributed by atoms with Crippen LogP contribution in [0.25, 0.3) is 5.57 Å². The van der Waals surface area contributed by atoms with Crippen molar-refractivity contribution in [3.63, 3.8) is 0 Å². The predicted octanol–water partition coefficient (Wildman–Crippen LogP) is 1.83. The summed E-state index contributed by atoms with van der Waals surface area (Å²) >= 11 is 0. The Labute approximate surface area is 197 Å². The average Bonchev–Trinajstić information content (AvgIpc) is 2.83. The first-order chi connectivity index (χ1) is 15.7. The van der Waals surface area contributed by atoms with Crippen LogP contribution in [0.3, 0.4) is 0 Å².